The average molecular weight is 370 g/mol. The van der Waals surface area contributed by atoms with E-state index in [1.807, 2.05) is 43.3 Å². The number of anilines is 1. The van der Waals surface area contributed by atoms with Crippen LogP contribution in [0.4, 0.5) is 5.69 Å². The number of piperidine rings is 1. The van der Waals surface area contributed by atoms with Crippen molar-refractivity contribution in [2.45, 2.75) is 26.2 Å². The lowest BCUT2D eigenvalue weighted by atomic mass is 9.90. The van der Waals surface area contributed by atoms with Gasteiger partial charge in [0, 0.05) is 36.2 Å². The second-order valence-electron chi connectivity index (χ2n) is 7.33. The maximum atomic E-state index is 6.09. The van der Waals surface area contributed by atoms with Gasteiger partial charge in [0.05, 0.1) is 5.56 Å². The van der Waals surface area contributed by atoms with E-state index in [9.17, 15) is 0 Å². The Balaban J connectivity index is 1.63. The molecule has 0 bridgehead atoms. The normalized spacial score (nSPS) is 15.0. The molecule has 140 valence electrons. The van der Waals surface area contributed by atoms with Gasteiger partial charge in [0.2, 0.25) is 11.8 Å². The van der Waals surface area contributed by atoms with Gasteiger partial charge in [-0.05, 0) is 56.4 Å². The Labute approximate surface area is 166 Å². The van der Waals surface area contributed by atoms with Crippen LogP contribution in [0.3, 0.4) is 0 Å². The Morgan fingerprint density at radius 1 is 1.18 bits per heavy atom. The number of nitrogens with zero attached hydrogens (tertiary/aromatic N) is 4. The molecule has 0 saturated carbocycles. The summed E-state index contributed by atoms with van der Waals surface area (Å²) in [4.78, 5) is 6.58. The standard InChI is InChI=1S/C22H23BN4O/c1-3-4-16-8-11-27(12-9-16)20-14-18(23)5-6-19(20)22-26-25-21(28-22)17-7-10-24-15(2)13-17/h3,5-7,10,13-14,16H,1,4,8-9,11-12H2,2H3. The molecular weight excluding hydrogens is 347 g/mol. The van der Waals surface area contributed by atoms with Gasteiger partial charge in [0.15, 0.2) is 0 Å². The molecule has 0 amide bonds. The fraction of sp³-hybridized carbons (Fsp3) is 0.318. The fourth-order valence-electron chi connectivity index (χ4n) is 3.76. The zero-order valence-corrected chi connectivity index (χ0v) is 16.1. The highest BCUT2D eigenvalue weighted by Crippen LogP contribution is 2.34. The van der Waals surface area contributed by atoms with Crippen LogP contribution in [0.1, 0.15) is 25.0 Å². The summed E-state index contributed by atoms with van der Waals surface area (Å²) in [5.74, 6) is 1.71. The highest BCUT2D eigenvalue weighted by Gasteiger charge is 2.23. The topological polar surface area (TPSA) is 55.1 Å². The molecule has 4 rings (SSSR count). The van der Waals surface area contributed by atoms with Gasteiger partial charge in [-0.3, -0.25) is 4.98 Å². The van der Waals surface area contributed by atoms with Crippen LogP contribution >= 0.6 is 0 Å². The molecule has 1 aliphatic rings. The largest absolute Gasteiger partial charge is 0.416 e. The molecule has 2 radical (unpaired) electrons. The number of rotatable bonds is 5. The van der Waals surface area contributed by atoms with Crippen molar-refractivity contribution in [2.24, 2.45) is 5.92 Å². The number of aryl methyl sites for hydroxylation is 1. The summed E-state index contributed by atoms with van der Waals surface area (Å²) in [5.41, 5.74) is 4.48. The summed E-state index contributed by atoms with van der Waals surface area (Å²) in [7, 11) is 6.09. The van der Waals surface area contributed by atoms with Crippen molar-refractivity contribution < 1.29 is 4.42 Å². The van der Waals surface area contributed by atoms with Gasteiger partial charge in [-0.2, -0.15) is 0 Å². The van der Waals surface area contributed by atoms with E-state index < -0.39 is 0 Å². The van der Waals surface area contributed by atoms with E-state index in [2.05, 4.69) is 26.7 Å². The average Bonchev–Trinajstić information content (AvgIpc) is 3.19. The van der Waals surface area contributed by atoms with E-state index >= 15 is 0 Å². The minimum Gasteiger partial charge on any atom is -0.416 e. The third-order valence-electron chi connectivity index (χ3n) is 5.28. The van der Waals surface area contributed by atoms with Crippen molar-refractivity contribution >= 4 is 19.0 Å². The van der Waals surface area contributed by atoms with E-state index in [0.29, 0.717) is 17.7 Å². The van der Waals surface area contributed by atoms with Crippen molar-refractivity contribution in [2.75, 3.05) is 18.0 Å². The maximum Gasteiger partial charge on any atom is 0.250 e. The van der Waals surface area contributed by atoms with Crippen LogP contribution in [0.5, 0.6) is 0 Å². The van der Waals surface area contributed by atoms with Gasteiger partial charge in [0.25, 0.3) is 0 Å². The van der Waals surface area contributed by atoms with E-state index in [-0.39, 0.29) is 0 Å². The molecule has 3 aromatic rings. The van der Waals surface area contributed by atoms with Crippen LogP contribution in [0.15, 0.2) is 53.6 Å². The molecule has 1 saturated heterocycles. The van der Waals surface area contributed by atoms with E-state index in [4.69, 9.17) is 12.3 Å². The molecule has 0 aliphatic carbocycles. The number of hydrogen-bond donors (Lipinski definition) is 0. The Hall–Kier alpha value is -2.89. The van der Waals surface area contributed by atoms with Crippen molar-refractivity contribution in [1.29, 1.82) is 0 Å². The number of benzene rings is 1. The quantitative estimate of drug-likeness (QED) is 0.506. The van der Waals surface area contributed by atoms with Gasteiger partial charge in [-0.15, -0.1) is 16.8 Å². The third-order valence-corrected chi connectivity index (χ3v) is 5.28. The van der Waals surface area contributed by atoms with Crippen LogP contribution < -0.4 is 10.4 Å². The van der Waals surface area contributed by atoms with Gasteiger partial charge < -0.3 is 9.32 Å². The Morgan fingerprint density at radius 3 is 2.71 bits per heavy atom. The minimum absolute atomic E-state index is 0.493. The number of aromatic nitrogens is 3. The molecule has 0 unspecified atom stereocenters. The molecule has 0 spiro atoms. The molecule has 5 nitrogen and oxygen atoms in total. The van der Waals surface area contributed by atoms with Crippen LogP contribution in [-0.4, -0.2) is 36.1 Å². The van der Waals surface area contributed by atoms with Crippen molar-refractivity contribution in [3.8, 4) is 22.9 Å². The predicted molar refractivity (Wildman–Crippen MR) is 113 cm³/mol. The zero-order chi connectivity index (χ0) is 19.5. The SMILES string of the molecule is [B]c1ccc(-c2nnc(-c3ccnc(C)c3)o2)c(N2CCC(CC=C)CC2)c1. The summed E-state index contributed by atoms with van der Waals surface area (Å²) < 4.78 is 6.01. The molecule has 1 fully saturated rings. The summed E-state index contributed by atoms with van der Waals surface area (Å²) in [5, 5.41) is 8.55. The lowest BCUT2D eigenvalue weighted by molar-refractivity contribution is 0.410. The highest BCUT2D eigenvalue weighted by molar-refractivity contribution is 6.32. The fourth-order valence-corrected chi connectivity index (χ4v) is 3.76. The summed E-state index contributed by atoms with van der Waals surface area (Å²) in [6, 6.07) is 9.66. The van der Waals surface area contributed by atoms with Crippen molar-refractivity contribution in [1.82, 2.24) is 15.2 Å². The van der Waals surface area contributed by atoms with Crippen molar-refractivity contribution in [3.05, 3.63) is 54.9 Å². The Kier molecular flexibility index (Phi) is 5.28. The molecule has 1 aliphatic heterocycles. The Bertz CT molecular complexity index is 976. The maximum absolute atomic E-state index is 6.09. The second-order valence-corrected chi connectivity index (χ2v) is 7.33. The summed E-state index contributed by atoms with van der Waals surface area (Å²) in [6.07, 6.45) is 7.14. The molecule has 0 atom stereocenters. The van der Waals surface area contributed by atoms with Crippen LogP contribution in [-0.2, 0) is 0 Å². The van der Waals surface area contributed by atoms with E-state index in [0.717, 1.165) is 60.3 Å². The molecule has 6 heteroatoms. The molecule has 1 aromatic carbocycles. The monoisotopic (exact) mass is 370 g/mol. The molecule has 3 heterocycles. The van der Waals surface area contributed by atoms with Gasteiger partial charge in [-0.1, -0.05) is 17.6 Å². The summed E-state index contributed by atoms with van der Waals surface area (Å²) in [6.45, 7) is 7.78. The van der Waals surface area contributed by atoms with Crippen LogP contribution in [0, 0.1) is 12.8 Å². The highest BCUT2D eigenvalue weighted by atomic mass is 16.4. The van der Waals surface area contributed by atoms with E-state index in [1.54, 1.807) is 6.20 Å². The molecule has 28 heavy (non-hydrogen) atoms. The number of hydrogen-bond acceptors (Lipinski definition) is 5. The van der Waals surface area contributed by atoms with Gasteiger partial charge in [-0.25, -0.2) is 0 Å². The number of allylic oxidation sites excluding steroid dienone is 1. The molecule has 0 N–H and O–H groups in total. The lowest BCUT2D eigenvalue weighted by Crippen LogP contribution is -2.34. The molecular formula is C22H23BN4O. The summed E-state index contributed by atoms with van der Waals surface area (Å²) >= 11 is 0. The minimum atomic E-state index is 0.493. The van der Waals surface area contributed by atoms with Gasteiger partial charge >= 0.3 is 0 Å². The third kappa shape index (κ3) is 3.86. The Morgan fingerprint density at radius 2 is 1.96 bits per heavy atom. The molecule has 2 aromatic heterocycles. The predicted octanol–water partition coefficient (Wildman–Crippen LogP) is 3.69. The van der Waals surface area contributed by atoms with Crippen LogP contribution in [0.25, 0.3) is 22.9 Å². The lowest BCUT2D eigenvalue weighted by Gasteiger charge is -2.34. The smallest absolute Gasteiger partial charge is 0.250 e. The first-order valence-corrected chi connectivity index (χ1v) is 9.66. The zero-order valence-electron chi connectivity index (χ0n) is 16.1. The first-order chi connectivity index (χ1) is 13.6. The van der Waals surface area contributed by atoms with Crippen molar-refractivity contribution in [3.63, 3.8) is 0 Å². The number of pyridine rings is 1. The van der Waals surface area contributed by atoms with Crippen LogP contribution in [0.2, 0.25) is 0 Å². The second kappa shape index (κ2) is 8.01. The van der Waals surface area contributed by atoms with E-state index in [1.165, 1.54) is 0 Å². The first kappa shape index (κ1) is 18.5. The first-order valence-electron chi connectivity index (χ1n) is 9.66. The van der Waals surface area contributed by atoms with Gasteiger partial charge in [0.1, 0.15) is 7.85 Å².